The lowest BCUT2D eigenvalue weighted by Gasteiger charge is -2.17. The zero-order chi connectivity index (χ0) is 21.8. The van der Waals surface area contributed by atoms with Crippen LogP contribution in [-0.2, 0) is 31.4 Å². The first-order valence-electron chi connectivity index (χ1n) is 9.56. The van der Waals surface area contributed by atoms with Gasteiger partial charge in [0.15, 0.2) is 0 Å². The molecule has 0 radical (unpaired) electrons. The summed E-state index contributed by atoms with van der Waals surface area (Å²) in [6.07, 6.45) is 0.623. The van der Waals surface area contributed by atoms with Crippen LogP contribution in [0.2, 0.25) is 0 Å². The molecule has 1 amide bonds. The molecular weight excluding hydrogens is 426 g/mol. The number of amides is 1. The van der Waals surface area contributed by atoms with E-state index in [1.165, 1.54) is 39.9 Å². The number of hydrogen-bond donors (Lipinski definition) is 1. The second-order valence-corrected chi connectivity index (χ2v) is 11.3. The molecule has 162 valence electrons. The molecule has 0 spiro atoms. The van der Waals surface area contributed by atoms with Crippen LogP contribution in [0.4, 0.5) is 5.69 Å². The summed E-state index contributed by atoms with van der Waals surface area (Å²) in [5.41, 5.74) is 1.33. The lowest BCUT2D eigenvalue weighted by atomic mass is 10.2. The van der Waals surface area contributed by atoms with Gasteiger partial charge in [0, 0.05) is 38.8 Å². The molecule has 3 rings (SSSR count). The summed E-state index contributed by atoms with van der Waals surface area (Å²) < 4.78 is 51.6. The summed E-state index contributed by atoms with van der Waals surface area (Å²) >= 11 is 0. The summed E-state index contributed by atoms with van der Waals surface area (Å²) in [7, 11) is -5.38. The predicted molar refractivity (Wildman–Crippen MR) is 115 cm³/mol. The Balaban J connectivity index is 1.57. The van der Waals surface area contributed by atoms with Gasteiger partial charge in [-0.3, -0.25) is 4.79 Å². The Bertz CT molecular complexity index is 1090. The molecule has 30 heavy (non-hydrogen) atoms. The summed E-state index contributed by atoms with van der Waals surface area (Å²) in [6.45, 7) is 0.838. The van der Waals surface area contributed by atoms with Gasteiger partial charge in [0.2, 0.25) is 26.0 Å². The third-order valence-corrected chi connectivity index (χ3v) is 8.66. The Morgan fingerprint density at radius 1 is 1.10 bits per heavy atom. The van der Waals surface area contributed by atoms with E-state index in [0.29, 0.717) is 18.7 Å². The Hall–Kier alpha value is -2.27. The van der Waals surface area contributed by atoms with Crippen molar-refractivity contribution in [3.8, 4) is 0 Å². The average Bonchev–Trinajstić information content (AvgIpc) is 3.05. The van der Waals surface area contributed by atoms with Crippen molar-refractivity contribution in [3.05, 3.63) is 60.2 Å². The van der Waals surface area contributed by atoms with Gasteiger partial charge < -0.3 is 5.32 Å². The molecule has 0 aromatic heterocycles. The van der Waals surface area contributed by atoms with Gasteiger partial charge in [-0.1, -0.05) is 30.3 Å². The quantitative estimate of drug-likeness (QED) is 0.660. The fraction of sp³-hybridized carbons (Fsp3) is 0.350. The molecule has 1 aliphatic heterocycles. The fourth-order valence-electron chi connectivity index (χ4n) is 3.21. The monoisotopic (exact) mass is 451 g/mol. The first kappa shape index (κ1) is 22.4. The van der Waals surface area contributed by atoms with E-state index in [1.54, 1.807) is 0 Å². The Kier molecular flexibility index (Phi) is 6.91. The lowest BCUT2D eigenvalue weighted by Crippen LogP contribution is -2.29. The van der Waals surface area contributed by atoms with Crippen molar-refractivity contribution in [1.82, 2.24) is 8.61 Å². The molecule has 0 unspecified atom stereocenters. The highest BCUT2D eigenvalue weighted by Gasteiger charge is 2.28. The summed E-state index contributed by atoms with van der Waals surface area (Å²) in [5, 5.41) is 2.67. The maximum absolute atomic E-state index is 12.8. The second kappa shape index (κ2) is 9.25. The average molecular weight is 452 g/mol. The molecule has 1 N–H and O–H groups in total. The Labute approximate surface area is 177 Å². The van der Waals surface area contributed by atoms with Crippen molar-refractivity contribution in [3.63, 3.8) is 0 Å². The van der Waals surface area contributed by atoms with Gasteiger partial charge in [0.05, 0.1) is 10.6 Å². The zero-order valence-electron chi connectivity index (χ0n) is 16.7. The maximum Gasteiger partial charge on any atom is 0.243 e. The van der Waals surface area contributed by atoms with E-state index >= 15 is 0 Å². The molecule has 1 heterocycles. The third kappa shape index (κ3) is 5.45. The van der Waals surface area contributed by atoms with Crippen LogP contribution in [0, 0.1) is 0 Å². The number of anilines is 1. The summed E-state index contributed by atoms with van der Waals surface area (Å²) in [5.74, 6) is -0.197. The van der Waals surface area contributed by atoms with Crippen LogP contribution in [0.3, 0.4) is 0 Å². The van der Waals surface area contributed by atoms with Gasteiger partial charge >= 0.3 is 0 Å². The molecule has 0 bridgehead atoms. The third-order valence-electron chi connectivity index (χ3n) is 4.89. The SMILES string of the molecule is CN(Cc1ccccc1)S(=O)(=O)c1ccc(NC(=O)CCN2CCCS2(=O)=O)cc1. The minimum atomic E-state index is -3.67. The molecule has 2 aromatic rings. The molecule has 2 aromatic carbocycles. The van der Waals surface area contributed by atoms with Gasteiger partial charge in [-0.25, -0.2) is 21.1 Å². The van der Waals surface area contributed by atoms with E-state index in [-0.39, 0.29) is 36.1 Å². The molecule has 1 saturated heterocycles. The van der Waals surface area contributed by atoms with Crippen LogP contribution in [-0.4, -0.2) is 57.2 Å². The van der Waals surface area contributed by atoms with Crippen molar-refractivity contribution < 1.29 is 21.6 Å². The van der Waals surface area contributed by atoms with Crippen molar-refractivity contribution in [1.29, 1.82) is 0 Å². The largest absolute Gasteiger partial charge is 0.326 e. The first-order valence-corrected chi connectivity index (χ1v) is 12.6. The standard InChI is InChI=1S/C20H25N3O5S2/c1-22(16-17-6-3-2-4-7-17)30(27,28)19-10-8-18(9-11-19)21-20(24)12-14-23-13-5-15-29(23,25)26/h2-4,6-11H,5,12-16H2,1H3,(H,21,24). The summed E-state index contributed by atoms with van der Waals surface area (Å²) in [6, 6.07) is 15.2. The normalized spacial score (nSPS) is 16.6. The summed E-state index contributed by atoms with van der Waals surface area (Å²) in [4.78, 5) is 12.2. The van der Waals surface area contributed by atoms with Crippen LogP contribution in [0.1, 0.15) is 18.4 Å². The topological polar surface area (TPSA) is 104 Å². The van der Waals surface area contributed by atoms with Crippen LogP contribution < -0.4 is 5.32 Å². The van der Waals surface area contributed by atoms with E-state index < -0.39 is 20.0 Å². The van der Waals surface area contributed by atoms with E-state index in [2.05, 4.69) is 5.32 Å². The number of hydrogen-bond acceptors (Lipinski definition) is 5. The number of rotatable bonds is 8. The van der Waals surface area contributed by atoms with E-state index in [4.69, 9.17) is 0 Å². The van der Waals surface area contributed by atoms with Crippen molar-refractivity contribution in [2.75, 3.05) is 31.2 Å². The molecule has 10 heteroatoms. The van der Waals surface area contributed by atoms with Gasteiger partial charge in [-0.05, 0) is 36.2 Å². The molecular formula is C20H25N3O5S2. The maximum atomic E-state index is 12.8. The zero-order valence-corrected chi connectivity index (χ0v) is 18.3. The van der Waals surface area contributed by atoms with Crippen molar-refractivity contribution in [2.45, 2.75) is 24.3 Å². The number of nitrogens with one attached hydrogen (secondary N) is 1. The Morgan fingerprint density at radius 3 is 2.37 bits per heavy atom. The second-order valence-electron chi connectivity index (χ2n) is 7.14. The number of benzene rings is 2. The smallest absolute Gasteiger partial charge is 0.243 e. The first-order chi connectivity index (χ1) is 14.2. The van der Waals surface area contributed by atoms with Crippen LogP contribution in [0.25, 0.3) is 0 Å². The van der Waals surface area contributed by atoms with Crippen LogP contribution in [0.5, 0.6) is 0 Å². The van der Waals surface area contributed by atoms with Gasteiger partial charge in [-0.2, -0.15) is 4.31 Å². The highest BCUT2D eigenvalue weighted by molar-refractivity contribution is 7.89. The van der Waals surface area contributed by atoms with Crippen LogP contribution >= 0.6 is 0 Å². The number of sulfonamides is 2. The lowest BCUT2D eigenvalue weighted by molar-refractivity contribution is -0.116. The molecule has 1 fully saturated rings. The Morgan fingerprint density at radius 2 is 1.77 bits per heavy atom. The minimum absolute atomic E-state index is 0.0408. The minimum Gasteiger partial charge on any atom is -0.326 e. The molecule has 8 nitrogen and oxygen atoms in total. The fourth-order valence-corrected chi connectivity index (χ4v) is 5.90. The number of carbonyl (C=O) groups excluding carboxylic acids is 1. The van der Waals surface area contributed by atoms with Gasteiger partial charge in [0.25, 0.3) is 0 Å². The highest BCUT2D eigenvalue weighted by atomic mass is 32.2. The highest BCUT2D eigenvalue weighted by Crippen LogP contribution is 2.20. The van der Waals surface area contributed by atoms with E-state index in [9.17, 15) is 21.6 Å². The number of nitrogens with zero attached hydrogens (tertiary/aromatic N) is 2. The number of carbonyl (C=O) groups is 1. The molecule has 0 atom stereocenters. The van der Waals surface area contributed by atoms with Gasteiger partial charge in [-0.15, -0.1) is 0 Å². The van der Waals surface area contributed by atoms with E-state index in [0.717, 1.165) is 5.56 Å². The molecule has 0 saturated carbocycles. The predicted octanol–water partition coefficient (Wildman–Crippen LogP) is 1.87. The molecule has 1 aliphatic rings. The van der Waals surface area contributed by atoms with Gasteiger partial charge in [0.1, 0.15) is 0 Å². The molecule has 0 aliphatic carbocycles. The van der Waals surface area contributed by atoms with Crippen LogP contribution in [0.15, 0.2) is 59.5 Å². The van der Waals surface area contributed by atoms with E-state index in [1.807, 2.05) is 30.3 Å². The van der Waals surface area contributed by atoms with Crippen molar-refractivity contribution >= 4 is 31.6 Å². The van der Waals surface area contributed by atoms with Crippen molar-refractivity contribution in [2.24, 2.45) is 0 Å².